The number of ether oxygens (including phenoxy) is 3. The maximum atomic E-state index is 13.4. The first-order valence-electron chi connectivity index (χ1n) is 10.1. The van der Waals surface area contributed by atoms with Gasteiger partial charge in [0.2, 0.25) is 0 Å². The van der Waals surface area contributed by atoms with Gasteiger partial charge in [0.05, 0.1) is 14.2 Å². The van der Waals surface area contributed by atoms with E-state index in [4.69, 9.17) is 14.2 Å². The summed E-state index contributed by atoms with van der Waals surface area (Å²) in [6.45, 7) is 0.417. The van der Waals surface area contributed by atoms with Gasteiger partial charge in [0.15, 0.2) is 5.78 Å². The molecule has 1 unspecified atom stereocenters. The molecule has 160 valence electrons. The summed E-state index contributed by atoms with van der Waals surface area (Å²) in [5.74, 6) is 0.349. The third kappa shape index (κ3) is 6.19. The Bertz CT molecular complexity index is 1010. The molecule has 0 radical (unpaired) electrons. The van der Waals surface area contributed by atoms with Gasteiger partial charge in [-0.2, -0.15) is 0 Å². The van der Waals surface area contributed by atoms with Crippen LogP contribution in [0.15, 0.2) is 78.9 Å². The standard InChI is InChI=1S/C26H26O5/c1-29-22-12-6-10-20(16-22)24(14-15-25(27)30-2)26(28)21-11-7-13-23(17-21)31-18-19-8-4-3-5-9-19/h3-13,16-17,24H,14-15,18H2,1-2H3. The normalized spacial score (nSPS) is 11.4. The number of Topliss-reactive ketones (excluding diaryl/α,β-unsaturated/α-hetero) is 1. The lowest BCUT2D eigenvalue weighted by molar-refractivity contribution is -0.140. The van der Waals surface area contributed by atoms with Crippen molar-refractivity contribution in [1.29, 1.82) is 0 Å². The molecule has 31 heavy (non-hydrogen) atoms. The zero-order chi connectivity index (χ0) is 22.1. The van der Waals surface area contributed by atoms with Gasteiger partial charge >= 0.3 is 5.97 Å². The molecule has 0 aliphatic heterocycles. The monoisotopic (exact) mass is 418 g/mol. The van der Waals surface area contributed by atoms with E-state index in [1.165, 1.54) is 7.11 Å². The second kappa shape index (κ2) is 11.0. The lowest BCUT2D eigenvalue weighted by Gasteiger charge is -2.17. The Hall–Kier alpha value is -3.60. The SMILES string of the molecule is COC(=O)CCC(C(=O)c1cccc(OCc2ccccc2)c1)c1cccc(OC)c1. The number of methoxy groups -OCH3 is 2. The van der Waals surface area contributed by atoms with Gasteiger partial charge in [-0.1, -0.05) is 54.6 Å². The Balaban J connectivity index is 1.81. The fourth-order valence-corrected chi connectivity index (χ4v) is 3.35. The van der Waals surface area contributed by atoms with Crippen LogP contribution in [0.5, 0.6) is 11.5 Å². The van der Waals surface area contributed by atoms with Crippen LogP contribution in [0, 0.1) is 0 Å². The zero-order valence-corrected chi connectivity index (χ0v) is 17.7. The van der Waals surface area contributed by atoms with Gasteiger partial charge in [0.1, 0.15) is 18.1 Å². The van der Waals surface area contributed by atoms with Crippen molar-refractivity contribution in [3.8, 4) is 11.5 Å². The fraction of sp³-hybridized carbons (Fsp3) is 0.231. The Morgan fingerprint density at radius 3 is 2.32 bits per heavy atom. The van der Waals surface area contributed by atoms with Crippen molar-refractivity contribution >= 4 is 11.8 Å². The van der Waals surface area contributed by atoms with Gasteiger partial charge in [-0.05, 0) is 41.8 Å². The highest BCUT2D eigenvalue weighted by Gasteiger charge is 2.24. The molecule has 0 bridgehead atoms. The number of benzene rings is 3. The molecule has 3 aromatic rings. The number of carbonyl (C=O) groups is 2. The van der Waals surface area contributed by atoms with Crippen molar-refractivity contribution in [2.75, 3.05) is 14.2 Å². The van der Waals surface area contributed by atoms with Crippen LogP contribution >= 0.6 is 0 Å². The van der Waals surface area contributed by atoms with Crippen molar-refractivity contribution in [2.45, 2.75) is 25.4 Å². The van der Waals surface area contributed by atoms with E-state index < -0.39 is 5.92 Å². The molecule has 1 atom stereocenters. The molecule has 0 amide bonds. The maximum absolute atomic E-state index is 13.4. The third-order valence-corrected chi connectivity index (χ3v) is 5.04. The minimum absolute atomic E-state index is 0.0812. The molecule has 3 aromatic carbocycles. The smallest absolute Gasteiger partial charge is 0.305 e. The van der Waals surface area contributed by atoms with Gasteiger partial charge in [-0.25, -0.2) is 0 Å². The minimum Gasteiger partial charge on any atom is -0.497 e. The maximum Gasteiger partial charge on any atom is 0.305 e. The second-order valence-corrected chi connectivity index (χ2v) is 7.11. The Kier molecular flexibility index (Phi) is 7.82. The van der Waals surface area contributed by atoms with E-state index in [0.29, 0.717) is 30.1 Å². The van der Waals surface area contributed by atoms with Crippen molar-refractivity contribution in [3.05, 3.63) is 95.6 Å². The van der Waals surface area contributed by atoms with Crippen molar-refractivity contribution in [3.63, 3.8) is 0 Å². The molecule has 0 N–H and O–H groups in total. The molecule has 0 aromatic heterocycles. The van der Waals surface area contributed by atoms with Crippen LogP contribution in [0.3, 0.4) is 0 Å². The molecule has 5 nitrogen and oxygen atoms in total. The van der Waals surface area contributed by atoms with Crippen molar-refractivity contribution < 1.29 is 23.8 Å². The van der Waals surface area contributed by atoms with Crippen molar-refractivity contribution in [1.82, 2.24) is 0 Å². The first-order valence-corrected chi connectivity index (χ1v) is 10.1. The lowest BCUT2D eigenvalue weighted by Crippen LogP contribution is -2.15. The Morgan fingerprint density at radius 1 is 0.839 bits per heavy atom. The van der Waals surface area contributed by atoms with Gasteiger partial charge in [-0.15, -0.1) is 0 Å². The number of rotatable bonds is 10. The van der Waals surface area contributed by atoms with E-state index in [2.05, 4.69) is 0 Å². The van der Waals surface area contributed by atoms with Gasteiger partial charge in [0.25, 0.3) is 0 Å². The molecule has 0 heterocycles. The highest BCUT2D eigenvalue weighted by Crippen LogP contribution is 2.30. The van der Waals surface area contributed by atoms with E-state index in [0.717, 1.165) is 11.1 Å². The van der Waals surface area contributed by atoms with Crippen LogP contribution in [0.1, 0.15) is 40.2 Å². The zero-order valence-electron chi connectivity index (χ0n) is 17.7. The first-order chi connectivity index (χ1) is 15.1. The quantitative estimate of drug-likeness (QED) is 0.335. The summed E-state index contributed by atoms with van der Waals surface area (Å²) in [4.78, 5) is 25.1. The summed E-state index contributed by atoms with van der Waals surface area (Å²) in [6.07, 6.45) is 0.488. The van der Waals surface area contributed by atoms with Gasteiger partial charge in [-0.3, -0.25) is 9.59 Å². The van der Waals surface area contributed by atoms with E-state index in [1.807, 2.05) is 60.7 Å². The summed E-state index contributed by atoms with van der Waals surface area (Å²) in [7, 11) is 2.93. The highest BCUT2D eigenvalue weighted by molar-refractivity contribution is 6.01. The number of hydrogen-bond donors (Lipinski definition) is 0. The third-order valence-electron chi connectivity index (χ3n) is 5.04. The van der Waals surface area contributed by atoms with Crippen LogP contribution in [0.4, 0.5) is 0 Å². The summed E-state index contributed by atoms with van der Waals surface area (Å²) in [6, 6.07) is 24.3. The number of ketones is 1. The molecular weight excluding hydrogens is 392 g/mol. The topological polar surface area (TPSA) is 61.8 Å². The predicted octanol–water partition coefficient (Wildman–Crippen LogP) is 5.19. The predicted molar refractivity (Wildman–Crippen MR) is 119 cm³/mol. The van der Waals surface area contributed by atoms with E-state index >= 15 is 0 Å². The van der Waals surface area contributed by atoms with E-state index in [1.54, 1.807) is 25.3 Å². The fourth-order valence-electron chi connectivity index (χ4n) is 3.35. The van der Waals surface area contributed by atoms with Crippen LogP contribution in [-0.2, 0) is 16.1 Å². The molecule has 0 aliphatic carbocycles. The largest absolute Gasteiger partial charge is 0.497 e. The van der Waals surface area contributed by atoms with Gasteiger partial charge < -0.3 is 14.2 Å². The van der Waals surface area contributed by atoms with Crippen LogP contribution < -0.4 is 9.47 Å². The highest BCUT2D eigenvalue weighted by atomic mass is 16.5. The van der Waals surface area contributed by atoms with E-state index in [-0.39, 0.29) is 18.2 Å². The van der Waals surface area contributed by atoms with Crippen LogP contribution in [0.25, 0.3) is 0 Å². The first kappa shape index (κ1) is 22.1. The lowest BCUT2D eigenvalue weighted by atomic mass is 9.87. The number of carbonyl (C=O) groups excluding carboxylic acids is 2. The molecule has 0 spiro atoms. The van der Waals surface area contributed by atoms with Gasteiger partial charge in [0, 0.05) is 17.9 Å². The average Bonchev–Trinajstić information content (AvgIpc) is 2.83. The van der Waals surface area contributed by atoms with Crippen LogP contribution in [0.2, 0.25) is 0 Å². The average molecular weight is 418 g/mol. The number of esters is 1. The molecule has 3 rings (SSSR count). The van der Waals surface area contributed by atoms with Crippen molar-refractivity contribution in [2.24, 2.45) is 0 Å². The molecule has 0 aliphatic rings. The van der Waals surface area contributed by atoms with E-state index in [9.17, 15) is 9.59 Å². The summed E-state index contributed by atoms with van der Waals surface area (Å²) in [5.41, 5.74) is 2.37. The molecule has 0 saturated heterocycles. The molecular formula is C26H26O5. The summed E-state index contributed by atoms with van der Waals surface area (Å²) >= 11 is 0. The number of hydrogen-bond acceptors (Lipinski definition) is 5. The molecule has 0 saturated carbocycles. The molecule has 0 fully saturated rings. The molecule has 5 heteroatoms. The van der Waals surface area contributed by atoms with Crippen LogP contribution in [-0.4, -0.2) is 26.0 Å². The second-order valence-electron chi connectivity index (χ2n) is 7.11. The summed E-state index contributed by atoms with van der Waals surface area (Å²) in [5, 5.41) is 0. The minimum atomic E-state index is -0.501. The Labute approximate surface area is 182 Å². The Morgan fingerprint density at radius 2 is 1.58 bits per heavy atom. The summed E-state index contributed by atoms with van der Waals surface area (Å²) < 4.78 is 15.9.